The molecule has 0 heterocycles. The third kappa shape index (κ3) is 2.25. The minimum atomic E-state index is 0.751. The summed E-state index contributed by atoms with van der Waals surface area (Å²) in [5.41, 5.74) is 2.23. The lowest BCUT2D eigenvalue weighted by Gasteiger charge is -2.11. The lowest BCUT2D eigenvalue weighted by Crippen LogP contribution is -2.01. The number of rotatable bonds is 4. The van der Waals surface area contributed by atoms with E-state index in [4.69, 9.17) is 4.74 Å². The van der Waals surface area contributed by atoms with Gasteiger partial charge < -0.3 is 10.1 Å². The molecule has 0 atom stereocenters. The summed E-state index contributed by atoms with van der Waals surface area (Å²) >= 11 is 0. The van der Waals surface area contributed by atoms with Gasteiger partial charge in [-0.3, -0.25) is 0 Å². The standard InChI is InChI=1S/C11H15NO/c1-4-8-12-11-9(2)6-5-7-10(11)13-3/h4-7,12H,1,8H2,2-3H3. The fourth-order valence-corrected chi connectivity index (χ4v) is 1.21. The van der Waals surface area contributed by atoms with E-state index in [9.17, 15) is 0 Å². The maximum atomic E-state index is 5.23. The first-order chi connectivity index (χ1) is 6.29. The van der Waals surface area contributed by atoms with E-state index in [-0.39, 0.29) is 0 Å². The molecule has 0 amide bonds. The van der Waals surface area contributed by atoms with Gasteiger partial charge >= 0.3 is 0 Å². The SMILES string of the molecule is C=CCNc1c(C)cccc1OC. The highest BCUT2D eigenvalue weighted by Crippen LogP contribution is 2.27. The summed E-state index contributed by atoms with van der Waals surface area (Å²) in [6, 6.07) is 5.97. The quantitative estimate of drug-likeness (QED) is 0.714. The molecule has 1 N–H and O–H groups in total. The van der Waals surface area contributed by atoms with E-state index in [0.29, 0.717) is 0 Å². The monoisotopic (exact) mass is 177 g/mol. The second kappa shape index (κ2) is 4.55. The highest BCUT2D eigenvalue weighted by molar-refractivity contribution is 5.61. The van der Waals surface area contributed by atoms with Crippen molar-refractivity contribution >= 4 is 5.69 Å². The Morgan fingerprint density at radius 3 is 2.92 bits per heavy atom. The molecule has 0 aliphatic heterocycles. The molecule has 0 fully saturated rings. The topological polar surface area (TPSA) is 21.3 Å². The van der Waals surface area contributed by atoms with Gasteiger partial charge in [0.2, 0.25) is 0 Å². The smallest absolute Gasteiger partial charge is 0.142 e. The van der Waals surface area contributed by atoms with Crippen molar-refractivity contribution in [1.29, 1.82) is 0 Å². The first-order valence-electron chi connectivity index (χ1n) is 4.28. The Bertz CT molecular complexity index is 294. The summed E-state index contributed by atoms with van der Waals surface area (Å²) < 4.78 is 5.23. The van der Waals surface area contributed by atoms with E-state index in [1.165, 1.54) is 5.56 Å². The lowest BCUT2D eigenvalue weighted by molar-refractivity contribution is 0.416. The van der Waals surface area contributed by atoms with E-state index in [0.717, 1.165) is 18.0 Å². The van der Waals surface area contributed by atoms with Gasteiger partial charge in [0.15, 0.2) is 0 Å². The fourth-order valence-electron chi connectivity index (χ4n) is 1.21. The third-order valence-corrected chi connectivity index (χ3v) is 1.88. The van der Waals surface area contributed by atoms with Gasteiger partial charge in [-0.05, 0) is 18.6 Å². The average Bonchev–Trinajstić information content (AvgIpc) is 2.15. The summed E-state index contributed by atoms with van der Waals surface area (Å²) in [6.45, 7) is 6.46. The van der Waals surface area contributed by atoms with Crippen molar-refractivity contribution in [3.8, 4) is 5.75 Å². The van der Waals surface area contributed by atoms with Crippen LogP contribution in [0.5, 0.6) is 5.75 Å². The molecule has 2 nitrogen and oxygen atoms in total. The maximum absolute atomic E-state index is 5.23. The highest BCUT2D eigenvalue weighted by atomic mass is 16.5. The second-order valence-corrected chi connectivity index (χ2v) is 2.82. The molecule has 2 heteroatoms. The van der Waals surface area contributed by atoms with E-state index in [1.807, 2.05) is 31.2 Å². The van der Waals surface area contributed by atoms with Crippen LogP contribution in [0.4, 0.5) is 5.69 Å². The van der Waals surface area contributed by atoms with Gasteiger partial charge in [-0.25, -0.2) is 0 Å². The second-order valence-electron chi connectivity index (χ2n) is 2.82. The number of benzene rings is 1. The Morgan fingerprint density at radius 2 is 2.31 bits per heavy atom. The molecule has 70 valence electrons. The van der Waals surface area contributed by atoms with Crippen LogP contribution < -0.4 is 10.1 Å². The minimum absolute atomic E-state index is 0.751. The molecule has 0 saturated heterocycles. The van der Waals surface area contributed by atoms with Crippen LogP contribution in [0.3, 0.4) is 0 Å². The lowest BCUT2D eigenvalue weighted by atomic mass is 10.2. The van der Waals surface area contributed by atoms with Crippen molar-refractivity contribution in [1.82, 2.24) is 0 Å². The molecule has 0 unspecified atom stereocenters. The Morgan fingerprint density at radius 1 is 1.54 bits per heavy atom. The van der Waals surface area contributed by atoms with Crippen LogP contribution in [0, 0.1) is 6.92 Å². The number of hydrogen-bond acceptors (Lipinski definition) is 2. The van der Waals surface area contributed by atoms with E-state index < -0.39 is 0 Å². The molecule has 0 aliphatic rings. The molecule has 0 radical (unpaired) electrons. The van der Waals surface area contributed by atoms with E-state index in [1.54, 1.807) is 7.11 Å². The first-order valence-corrected chi connectivity index (χ1v) is 4.28. The van der Waals surface area contributed by atoms with Gasteiger partial charge in [0.1, 0.15) is 5.75 Å². The number of hydrogen-bond donors (Lipinski definition) is 1. The van der Waals surface area contributed by atoms with Gasteiger partial charge in [0, 0.05) is 6.54 Å². The van der Waals surface area contributed by atoms with Gasteiger partial charge in [0.05, 0.1) is 12.8 Å². The van der Waals surface area contributed by atoms with Crippen molar-refractivity contribution < 1.29 is 4.74 Å². The predicted molar refractivity (Wildman–Crippen MR) is 56.4 cm³/mol. The van der Waals surface area contributed by atoms with Crippen molar-refractivity contribution in [2.75, 3.05) is 19.0 Å². The van der Waals surface area contributed by atoms with Gasteiger partial charge in [-0.1, -0.05) is 18.2 Å². The molecule has 1 aromatic rings. The normalized spacial score (nSPS) is 9.38. The van der Waals surface area contributed by atoms with Crippen LogP contribution in [0.15, 0.2) is 30.9 Å². The highest BCUT2D eigenvalue weighted by Gasteiger charge is 2.03. The number of para-hydroxylation sites is 1. The molecule has 0 aliphatic carbocycles. The number of aryl methyl sites for hydroxylation is 1. The fraction of sp³-hybridized carbons (Fsp3) is 0.273. The van der Waals surface area contributed by atoms with Gasteiger partial charge in [-0.15, -0.1) is 6.58 Å². The van der Waals surface area contributed by atoms with Gasteiger partial charge in [0.25, 0.3) is 0 Å². The van der Waals surface area contributed by atoms with E-state index >= 15 is 0 Å². The molecule has 1 aromatic carbocycles. The molecule has 13 heavy (non-hydrogen) atoms. The first kappa shape index (κ1) is 9.65. The molecular weight excluding hydrogens is 162 g/mol. The average molecular weight is 177 g/mol. The molecule has 0 spiro atoms. The van der Waals surface area contributed by atoms with E-state index in [2.05, 4.69) is 11.9 Å². The molecule has 1 rings (SSSR count). The third-order valence-electron chi connectivity index (χ3n) is 1.88. The summed E-state index contributed by atoms with van der Waals surface area (Å²) in [7, 11) is 1.67. The zero-order valence-electron chi connectivity index (χ0n) is 8.13. The zero-order valence-corrected chi connectivity index (χ0v) is 8.13. The zero-order chi connectivity index (χ0) is 9.68. The summed E-state index contributed by atoms with van der Waals surface area (Å²) in [6.07, 6.45) is 1.83. The summed E-state index contributed by atoms with van der Waals surface area (Å²) in [4.78, 5) is 0. The van der Waals surface area contributed by atoms with Crippen LogP contribution in [-0.2, 0) is 0 Å². The molecule has 0 bridgehead atoms. The Labute approximate surface area is 79.2 Å². The van der Waals surface area contributed by atoms with Crippen LogP contribution in [0.1, 0.15) is 5.56 Å². The van der Waals surface area contributed by atoms with Crippen molar-refractivity contribution in [3.63, 3.8) is 0 Å². The molecule has 0 saturated carbocycles. The van der Waals surface area contributed by atoms with Crippen LogP contribution in [0.2, 0.25) is 0 Å². The maximum Gasteiger partial charge on any atom is 0.142 e. The summed E-state index contributed by atoms with van der Waals surface area (Å²) in [5, 5.41) is 3.24. The number of anilines is 1. The van der Waals surface area contributed by atoms with Crippen molar-refractivity contribution in [2.24, 2.45) is 0 Å². The van der Waals surface area contributed by atoms with Gasteiger partial charge in [-0.2, -0.15) is 0 Å². The van der Waals surface area contributed by atoms with Crippen molar-refractivity contribution in [3.05, 3.63) is 36.4 Å². The Balaban J connectivity index is 2.93. The van der Waals surface area contributed by atoms with Crippen LogP contribution in [-0.4, -0.2) is 13.7 Å². The largest absolute Gasteiger partial charge is 0.495 e. The number of ether oxygens (including phenoxy) is 1. The van der Waals surface area contributed by atoms with Crippen LogP contribution >= 0.6 is 0 Å². The Kier molecular flexibility index (Phi) is 3.38. The molecular formula is C11H15NO. The predicted octanol–water partition coefficient (Wildman–Crippen LogP) is 2.60. The number of methoxy groups -OCH3 is 1. The Hall–Kier alpha value is -1.44. The van der Waals surface area contributed by atoms with Crippen LogP contribution in [0.25, 0.3) is 0 Å². The van der Waals surface area contributed by atoms with Crippen molar-refractivity contribution in [2.45, 2.75) is 6.92 Å². The number of nitrogens with one attached hydrogen (secondary N) is 1. The molecule has 0 aromatic heterocycles. The summed E-state index contributed by atoms with van der Waals surface area (Å²) in [5.74, 6) is 0.877. The minimum Gasteiger partial charge on any atom is -0.495 e.